The summed E-state index contributed by atoms with van der Waals surface area (Å²) in [7, 11) is 1.64. The van der Waals surface area contributed by atoms with Gasteiger partial charge in [-0.2, -0.15) is 4.98 Å². The van der Waals surface area contributed by atoms with E-state index in [0.29, 0.717) is 30.7 Å². The molecule has 0 aliphatic heterocycles. The summed E-state index contributed by atoms with van der Waals surface area (Å²) in [5.74, 6) is 1.45. The maximum absolute atomic E-state index is 5.85. The Hall–Kier alpha value is -0.940. The van der Waals surface area contributed by atoms with Crippen LogP contribution in [0.1, 0.15) is 31.6 Å². The van der Waals surface area contributed by atoms with E-state index in [1.165, 1.54) is 0 Å². The number of hydrogen-bond acceptors (Lipinski definition) is 5. The van der Waals surface area contributed by atoms with E-state index in [2.05, 4.69) is 10.1 Å². The van der Waals surface area contributed by atoms with Crippen LogP contribution in [0.2, 0.25) is 0 Å². The van der Waals surface area contributed by atoms with Crippen LogP contribution in [-0.4, -0.2) is 23.9 Å². The van der Waals surface area contributed by atoms with Gasteiger partial charge < -0.3 is 15.0 Å². The first-order valence-corrected chi connectivity index (χ1v) is 4.72. The second-order valence-electron chi connectivity index (χ2n) is 3.56. The lowest BCUT2D eigenvalue weighted by Gasteiger charge is -2.09. The van der Waals surface area contributed by atoms with Gasteiger partial charge in [-0.1, -0.05) is 19.0 Å². The van der Waals surface area contributed by atoms with E-state index in [1.807, 2.05) is 13.8 Å². The Balaban J connectivity index is 2.58. The molecule has 0 aliphatic rings. The fourth-order valence-electron chi connectivity index (χ4n) is 0.983. The lowest BCUT2D eigenvalue weighted by molar-refractivity contribution is 0.199. The van der Waals surface area contributed by atoms with Gasteiger partial charge in [-0.25, -0.2) is 0 Å². The zero-order valence-electron chi connectivity index (χ0n) is 8.86. The number of methoxy groups -OCH3 is 1. The molecule has 1 atom stereocenters. The Morgan fingerprint density at radius 2 is 2.21 bits per heavy atom. The average Bonchev–Trinajstić information content (AvgIpc) is 2.61. The Morgan fingerprint density at radius 3 is 2.79 bits per heavy atom. The highest BCUT2D eigenvalue weighted by atomic mass is 16.5. The number of nitrogens with zero attached hydrogens (tertiary/aromatic N) is 2. The molecule has 1 unspecified atom stereocenters. The summed E-state index contributed by atoms with van der Waals surface area (Å²) in [6.45, 7) is 4.63. The second kappa shape index (κ2) is 5.07. The highest BCUT2D eigenvalue weighted by Crippen LogP contribution is 2.16. The molecule has 1 aromatic rings. The van der Waals surface area contributed by atoms with Gasteiger partial charge in [0, 0.05) is 13.5 Å². The number of rotatable bonds is 5. The van der Waals surface area contributed by atoms with Crippen molar-refractivity contribution in [3.63, 3.8) is 0 Å². The summed E-state index contributed by atoms with van der Waals surface area (Å²) in [5, 5.41) is 3.81. The van der Waals surface area contributed by atoms with Crippen molar-refractivity contribution in [1.82, 2.24) is 10.1 Å². The first-order chi connectivity index (χ1) is 6.65. The number of nitrogens with two attached hydrogens (primary N) is 1. The third-order valence-electron chi connectivity index (χ3n) is 2.02. The molecule has 0 saturated carbocycles. The van der Waals surface area contributed by atoms with Gasteiger partial charge in [0.15, 0.2) is 5.82 Å². The van der Waals surface area contributed by atoms with E-state index in [0.717, 1.165) is 0 Å². The Morgan fingerprint density at radius 1 is 1.50 bits per heavy atom. The third-order valence-corrected chi connectivity index (χ3v) is 2.02. The molecule has 0 bridgehead atoms. The van der Waals surface area contributed by atoms with Crippen molar-refractivity contribution >= 4 is 0 Å². The molecule has 1 heterocycles. The summed E-state index contributed by atoms with van der Waals surface area (Å²) >= 11 is 0. The molecular formula is C9H17N3O2. The van der Waals surface area contributed by atoms with Gasteiger partial charge in [0.05, 0.1) is 12.6 Å². The van der Waals surface area contributed by atoms with E-state index < -0.39 is 0 Å². The first-order valence-electron chi connectivity index (χ1n) is 4.72. The van der Waals surface area contributed by atoms with E-state index in [9.17, 15) is 0 Å². The van der Waals surface area contributed by atoms with Crippen molar-refractivity contribution in [3.8, 4) is 0 Å². The van der Waals surface area contributed by atoms with Crippen LogP contribution in [-0.2, 0) is 11.2 Å². The molecule has 0 fully saturated rings. The van der Waals surface area contributed by atoms with Crippen LogP contribution in [0.15, 0.2) is 4.52 Å². The second-order valence-corrected chi connectivity index (χ2v) is 3.56. The van der Waals surface area contributed by atoms with Gasteiger partial charge in [-0.15, -0.1) is 0 Å². The molecule has 0 aromatic carbocycles. The van der Waals surface area contributed by atoms with Gasteiger partial charge in [0.2, 0.25) is 5.89 Å². The Labute approximate surface area is 83.6 Å². The normalized spacial score (nSPS) is 13.5. The molecule has 5 heteroatoms. The van der Waals surface area contributed by atoms with E-state index in [-0.39, 0.29) is 6.04 Å². The van der Waals surface area contributed by atoms with Crippen molar-refractivity contribution in [1.29, 1.82) is 0 Å². The van der Waals surface area contributed by atoms with Crippen LogP contribution in [0.3, 0.4) is 0 Å². The van der Waals surface area contributed by atoms with Crippen molar-refractivity contribution < 1.29 is 9.26 Å². The SMILES string of the molecule is COCCc1noc(C(N)C(C)C)n1. The average molecular weight is 199 g/mol. The topological polar surface area (TPSA) is 74.2 Å². The molecule has 1 aromatic heterocycles. The summed E-state index contributed by atoms with van der Waals surface area (Å²) in [4.78, 5) is 4.19. The lowest BCUT2D eigenvalue weighted by atomic mass is 10.1. The monoisotopic (exact) mass is 199 g/mol. The molecule has 0 radical (unpaired) electrons. The van der Waals surface area contributed by atoms with Crippen molar-refractivity contribution in [2.24, 2.45) is 11.7 Å². The molecule has 0 amide bonds. The minimum Gasteiger partial charge on any atom is -0.384 e. The maximum Gasteiger partial charge on any atom is 0.243 e. The standard InChI is InChI=1S/C9H17N3O2/c1-6(2)8(10)9-11-7(12-14-9)4-5-13-3/h6,8H,4-5,10H2,1-3H3. The summed E-state index contributed by atoms with van der Waals surface area (Å²) in [6.07, 6.45) is 0.658. The molecule has 0 aliphatic carbocycles. The van der Waals surface area contributed by atoms with E-state index in [4.69, 9.17) is 15.0 Å². The largest absolute Gasteiger partial charge is 0.384 e. The van der Waals surface area contributed by atoms with Crippen LogP contribution < -0.4 is 5.73 Å². The third kappa shape index (κ3) is 2.78. The minimum absolute atomic E-state index is 0.182. The molecule has 0 saturated heterocycles. The van der Waals surface area contributed by atoms with E-state index in [1.54, 1.807) is 7.11 Å². The molecule has 0 spiro atoms. The van der Waals surface area contributed by atoms with E-state index >= 15 is 0 Å². The zero-order chi connectivity index (χ0) is 10.6. The quantitative estimate of drug-likeness (QED) is 0.763. The predicted molar refractivity (Wildman–Crippen MR) is 51.6 cm³/mol. The summed E-state index contributed by atoms with van der Waals surface area (Å²) in [6, 6.07) is -0.182. The summed E-state index contributed by atoms with van der Waals surface area (Å²) in [5.41, 5.74) is 5.85. The molecule has 80 valence electrons. The van der Waals surface area contributed by atoms with Crippen molar-refractivity contribution in [2.45, 2.75) is 26.3 Å². The first kappa shape index (κ1) is 11.1. The lowest BCUT2D eigenvalue weighted by Crippen LogP contribution is -2.17. The van der Waals surface area contributed by atoms with Gasteiger partial charge in [-0.05, 0) is 5.92 Å². The fourth-order valence-corrected chi connectivity index (χ4v) is 0.983. The van der Waals surface area contributed by atoms with Gasteiger partial charge in [0.1, 0.15) is 0 Å². The van der Waals surface area contributed by atoms with Crippen LogP contribution in [0.5, 0.6) is 0 Å². The van der Waals surface area contributed by atoms with Crippen LogP contribution in [0.4, 0.5) is 0 Å². The van der Waals surface area contributed by atoms with Crippen LogP contribution in [0, 0.1) is 5.92 Å². The predicted octanol–water partition coefficient (Wildman–Crippen LogP) is 0.914. The smallest absolute Gasteiger partial charge is 0.243 e. The highest BCUT2D eigenvalue weighted by molar-refractivity contribution is 4.93. The maximum atomic E-state index is 5.85. The van der Waals surface area contributed by atoms with Crippen LogP contribution in [0.25, 0.3) is 0 Å². The Kier molecular flexibility index (Phi) is 4.03. The zero-order valence-corrected chi connectivity index (χ0v) is 8.86. The van der Waals surface area contributed by atoms with Gasteiger partial charge >= 0.3 is 0 Å². The van der Waals surface area contributed by atoms with Crippen molar-refractivity contribution in [3.05, 3.63) is 11.7 Å². The fraction of sp³-hybridized carbons (Fsp3) is 0.778. The number of aromatic nitrogens is 2. The van der Waals surface area contributed by atoms with Gasteiger partial charge in [-0.3, -0.25) is 0 Å². The van der Waals surface area contributed by atoms with Crippen molar-refractivity contribution in [2.75, 3.05) is 13.7 Å². The minimum atomic E-state index is -0.182. The summed E-state index contributed by atoms with van der Waals surface area (Å²) < 4.78 is 9.95. The molecule has 2 N–H and O–H groups in total. The number of ether oxygens (including phenoxy) is 1. The highest BCUT2D eigenvalue weighted by Gasteiger charge is 2.17. The molecule has 5 nitrogen and oxygen atoms in total. The molecule has 1 rings (SSSR count). The molecule has 14 heavy (non-hydrogen) atoms. The molecular weight excluding hydrogens is 182 g/mol. The van der Waals surface area contributed by atoms with Gasteiger partial charge in [0.25, 0.3) is 0 Å². The van der Waals surface area contributed by atoms with Crippen LogP contribution >= 0.6 is 0 Å². The Bertz CT molecular complexity index is 273. The number of hydrogen-bond donors (Lipinski definition) is 1.